The number of fused-ring (bicyclic) bond motifs is 1. The van der Waals surface area contributed by atoms with E-state index in [4.69, 9.17) is 13.9 Å². The third-order valence-corrected chi connectivity index (χ3v) is 6.52. The zero-order chi connectivity index (χ0) is 23.7. The number of thiazole rings is 1. The van der Waals surface area contributed by atoms with Crippen LogP contribution in [0, 0.1) is 0 Å². The molecule has 6 nitrogen and oxygen atoms in total. The molecule has 3 aromatic carbocycles. The SMILES string of the molecule is COc1ccc(C(=O)Oc2ccc3cc(-c4nc(-c5ccc(Br)cc5)cs4)c(=O)oc3c2)cc1. The monoisotopic (exact) mass is 533 g/mol. The van der Waals surface area contributed by atoms with Crippen molar-refractivity contribution in [1.82, 2.24) is 4.98 Å². The van der Waals surface area contributed by atoms with Crippen LogP contribution >= 0.6 is 27.3 Å². The number of aromatic nitrogens is 1. The minimum Gasteiger partial charge on any atom is -0.497 e. The summed E-state index contributed by atoms with van der Waals surface area (Å²) in [5.41, 5.74) is 2.31. The molecule has 0 aliphatic heterocycles. The van der Waals surface area contributed by atoms with Gasteiger partial charge in [0.25, 0.3) is 0 Å². The highest BCUT2D eigenvalue weighted by atomic mass is 79.9. The van der Waals surface area contributed by atoms with Gasteiger partial charge in [-0.3, -0.25) is 0 Å². The maximum Gasteiger partial charge on any atom is 0.346 e. The summed E-state index contributed by atoms with van der Waals surface area (Å²) in [6.07, 6.45) is 0. The summed E-state index contributed by atoms with van der Waals surface area (Å²) in [6, 6.07) is 21.0. The molecule has 0 saturated carbocycles. The van der Waals surface area contributed by atoms with Crippen LogP contribution in [0.4, 0.5) is 0 Å². The van der Waals surface area contributed by atoms with E-state index in [1.54, 1.807) is 49.6 Å². The molecule has 8 heteroatoms. The molecule has 0 atom stereocenters. The fraction of sp³-hybridized carbons (Fsp3) is 0.0385. The molecule has 0 spiro atoms. The molecule has 168 valence electrons. The predicted molar refractivity (Wildman–Crippen MR) is 135 cm³/mol. The lowest BCUT2D eigenvalue weighted by Gasteiger charge is -2.06. The van der Waals surface area contributed by atoms with Gasteiger partial charge in [0.1, 0.15) is 22.1 Å². The van der Waals surface area contributed by atoms with E-state index in [2.05, 4.69) is 20.9 Å². The van der Waals surface area contributed by atoms with Gasteiger partial charge >= 0.3 is 11.6 Å². The molecule has 2 aromatic heterocycles. The van der Waals surface area contributed by atoms with E-state index in [9.17, 15) is 9.59 Å². The molecular weight excluding hydrogens is 518 g/mol. The van der Waals surface area contributed by atoms with Crippen LogP contribution in [0.1, 0.15) is 10.4 Å². The van der Waals surface area contributed by atoms with Gasteiger partial charge in [-0.1, -0.05) is 28.1 Å². The highest BCUT2D eigenvalue weighted by Crippen LogP contribution is 2.30. The van der Waals surface area contributed by atoms with E-state index >= 15 is 0 Å². The minimum atomic E-state index is -0.524. The Bertz CT molecular complexity index is 1560. The van der Waals surface area contributed by atoms with Crippen LogP contribution < -0.4 is 15.1 Å². The van der Waals surface area contributed by atoms with Crippen molar-refractivity contribution in [2.75, 3.05) is 7.11 Å². The molecule has 0 aliphatic carbocycles. The molecule has 0 radical (unpaired) electrons. The highest BCUT2D eigenvalue weighted by molar-refractivity contribution is 9.10. The van der Waals surface area contributed by atoms with Crippen molar-refractivity contribution in [3.63, 3.8) is 0 Å². The molecular formula is C26H16BrNO5S. The van der Waals surface area contributed by atoms with E-state index in [1.165, 1.54) is 17.4 Å². The van der Waals surface area contributed by atoms with Gasteiger partial charge in [-0.05, 0) is 54.6 Å². The normalized spacial score (nSPS) is 10.9. The molecule has 0 bridgehead atoms. The first-order valence-electron chi connectivity index (χ1n) is 10.2. The van der Waals surface area contributed by atoms with Crippen LogP contribution in [-0.2, 0) is 0 Å². The van der Waals surface area contributed by atoms with Gasteiger partial charge in [0.15, 0.2) is 0 Å². The lowest BCUT2D eigenvalue weighted by molar-refractivity contribution is 0.0735. The molecule has 0 fully saturated rings. The zero-order valence-corrected chi connectivity index (χ0v) is 20.2. The summed E-state index contributed by atoms with van der Waals surface area (Å²) < 4.78 is 17.1. The van der Waals surface area contributed by atoms with Gasteiger partial charge in [0.2, 0.25) is 0 Å². The van der Waals surface area contributed by atoms with E-state index in [0.29, 0.717) is 32.9 Å². The Hall–Kier alpha value is -3.75. The van der Waals surface area contributed by atoms with Crippen molar-refractivity contribution in [2.45, 2.75) is 0 Å². The average molecular weight is 534 g/mol. The first-order chi connectivity index (χ1) is 16.5. The topological polar surface area (TPSA) is 78.6 Å². The summed E-state index contributed by atoms with van der Waals surface area (Å²) in [4.78, 5) is 29.8. The molecule has 2 heterocycles. The Balaban J connectivity index is 1.41. The van der Waals surface area contributed by atoms with Gasteiger partial charge in [0.05, 0.1) is 23.9 Å². The first kappa shape index (κ1) is 22.1. The van der Waals surface area contributed by atoms with Gasteiger partial charge < -0.3 is 13.9 Å². The summed E-state index contributed by atoms with van der Waals surface area (Å²) in [5, 5.41) is 3.17. The first-order valence-corrected chi connectivity index (χ1v) is 11.8. The third kappa shape index (κ3) is 4.50. The van der Waals surface area contributed by atoms with Gasteiger partial charge in [-0.25, -0.2) is 14.6 Å². The number of methoxy groups -OCH3 is 1. The van der Waals surface area contributed by atoms with E-state index in [1.807, 2.05) is 29.6 Å². The predicted octanol–water partition coefficient (Wildman–Crippen LogP) is 6.57. The summed E-state index contributed by atoms with van der Waals surface area (Å²) in [7, 11) is 1.55. The molecule has 0 unspecified atom stereocenters. The molecule has 34 heavy (non-hydrogen) atoms. The van der Waals surface area contributed by atoms with E-state index in [0.717, 1.165) is 15.7 Å². The van der Waals surface area contributed by atoms with Crippen LogP contribution in [-0.4, -0.2) is 18.1 Å². The Labute approximate surface area is 206 Å². The quantitative estimate of drug-likeness (QED) is 0.144. The third-order valence-electron chi connectivity index (χ3n) is 5.12. The standard InChI is InChI=1S/C26H16BrNO5S/c1-31-19-9-4-16(5-10-19)25(29)32-20-11-6-17-12-21(26(30)33-23(17)13-20)24-28-22(14-34-24)15-2-7-18(27)8-3-15/h2-14H,1H3. The lowest BCUT2D eigenvalue weighted by Crippen LogP contribution is -2.08. The second kappa shape index (κ2) is 9.24. The second-order valence-corrected chi connectivity index (χ2v) is 9.08. The van der Waals surface area contributed by atoms with Crippen molar-refractivity contribution in [2.24, 2.45) is 0 Å². The number of esters is 1. The number of hydrogen-bond donors (Lipinski definition) is 0. The number of hydrogen-bond acceptors (Lipinski definition) is 7. The van der Waals surface area contributed by atoms with Gasteiger partial charge in [0, 0.05) is 26.9 Å². The Morgan fingerprint density at radius 2 is 1.71 bits per heavy atom. The maximum atomic E-state index is 12.7. The maximum absolute atomic E-state index is 12.7. The molecule has 0 N–H and O–H groups in total. The molecule has 0 aliphatic rings. The van der Waals surface area contributed by atoms with Gasteiger partial charge in [-0.15, -0.1) is 11.3 Å². The van der Waals surface area contributed by atoms with Crippen LogP contribution in [0.5, 0.6) is 11.5 Å². The number of rotatable bonds is 5. The number of carbonyl (C=O) groups is 1. The Morgan fingerprint density at radius 1 is 0.971 bits per heavy atom. The fourth-order valence-corrected chi connectivity index (χ4v) is 4.44. The van der Waals surface area contributed by atoms with Crippen molar-refractivity contribution < 1.29 is 18.7 Å². The molecule has 0 amide bonds. The fourth-order valence-electron chi connectivity index (χ4n) is 3.35. The number of nitrogens with zero attached hydrogens (tertiary/aromatic N) is 1. The number of ether oxygens (including phenoxy) is 2. The van der Waals surface area contributed by atoms with E-state index < -0.39 is 11.6 Å². The second-order valence-electron chi connectivity index (χ2n) is 7.31. The van der Waals surface area contributed by atoms with Gasteiger partial charge in [-0.2, -0.15) is 0 Å². The van der Waals surface area contributed by atoms with Crippen LogP contribution in [0.25, 0.3) is 32.8 Å². The number of benzene rings is 3. The minimum absolute atomic E-state index is 0.274. The van der Waals surface area contributed by atoms with Crippen LogP contribution in [0.3, 0.4) is 0 Å². The molecule has 0 saturated heterocycles. The Kier molecular flexibility index (Phi) is 6.00. The van der Waals surface area contributed by atoms with Crippen molar-refractivity contribution in [1.29, 1.82) is 0 Å². The largest absolute Gasteiger partial charge is 0.497 e. The van der Waals surface area contributed by atoms with Crippen LogP contribution in [0.2, 0.25) is 0 Å². The molecule has 5 rings (SSSR count). The van der Waals surface area contributed by atoms with Crippen molar-refractivity contribution >= 4 is 44.2 Å². The van der Waals surface area contributed by atoms with Crippen molar-refractivity contribution in [3.8, 4) is 33.3 Å². The smallest absolute Gasteiger partial charge is 0.346 e. The number of carbonyl (C=O) groups excluding carboxylic acids is 1. The average Bonchev–Trinajstić information content (AvgIpc) is 3.34. The highest BCUT2D eigenvalue weighted by Gasteiger charge is 2.15. The Morgan fingerprint density at radius 3 is 2.44 bits per heavy atom. The summed E-state index contributed by atoms with van der Waals surface area (Å²) in [5.74, 6) is 0.393. The summed E-state index contributed by atoms with van der Waals surface area (Å²) in [6.45, 7) is 0. The number of halogens is 1. The van der Waals surface area contributed by atoms with E-state index in [-0.39, 0.29) is 5.75 Å². The van der Waals surface area contributed by atoms with Crippen molar-refractivity contribution in [3.05, 3.63) is 98.6 Å². The lowest BCUT2D eigenvalue weighted by atomic mass is 10.1. The zero-order valence-electron chi connectivity index (χ0n) is 17.8. The van der Waals surface area contributed by atoms with Crippen LogP contribution in [0.15, 0.2) is 91.9 Å². The summed E-state index contributed by atoms with van der Waals surface area (Å²) >= 11 is 4.80. The molecule has 5 aromatic rings.